The molecule has 0 aliphatic carbocycles. The molecule has 0 aromatic heterocycles. The first kappa shape index (κ1) is 9.86. The van der Waals surface area contributed by atoms with Gasteiger partial charge in [-0.1, -0.05) is 0 Å². The summed E-state index contributed by atoms with van der Waals surface area (Å²) in [7, 11) is -6.03. The summed E-state index contributed by atoms with van der Waals surface area (Å²) in [5.74, 6) is -0.268. The molecule has 10 heavy (non-hydrogen) atoms. The third-order valence-electron chi connectivity index (χ3n) is 0.651. The van der Waals surface area contributed by atoms with Gasteiger partial charge in [0.05, 0.1) is 12.4 Å². The number of sulfone groups is 1. The zero-order valence-corrected chi connectivity index (χ0v) is 7.02. The molecule has 0 radical (unpaired) electrons. The normalized spacial score (nSPS) is 12.2. The second-order valence-electron chi connectivity index (χ2n) is 1.69. The maximum absolute atomic E-state index is 10.3. The van der Waals surface area contributed by atoms with Crippen LogP contribution in [0.2, 0.25) is 0 Å². The smallest absolute Gasteiger partial charge is 0.257 e. The van der Waals surface area contributed by atoms with Crippen LogP contribution in [-0.4, -0.2) is 35.5 Å². The van der Waals surface area contributed by atoms with E-state index in [0.29, 0.717) is 0 Å². The van der Waals surface area contributed by atoms with Crippen molar-refractivity contribution in [2.45, 2.75) is 0 Å². The lowest BCUT2D eigenvalue weighted by Gasteiger charge is -1.92. The summed E-state index contributed by atoms with van der Waals surface area (Å²) in [5.41, 5.74) is 0. The predicted molar refractivity (Wildman–Crippen MR) is 36.0 cm³/mol. The van der Waals surface area contributed by atoms with Gasteiger partial charge in [-0.3, -0.25) is 4.18 Å². The van der Waals surface area contributed by atoms with Gasteiger partial charge in [0.25, 0.3) is 11.0 Å². The fraction of sp³-hybridized carbons (Fsp3) is 1.00. The Labute approximate surface area is 61.1 Å². The van der Waals surface area contributed by atoms with Gasteiger partial charge >= 0.3 is 0 Å². The second-order valence-corrected chi connectivity index (χ2v) is 4.65. The van der Waals surface area contributed by atoms with Gasteiger partial charge in [0.1, 0.15) is 9.84 Å². The Morgan fingerprint density at radius 2 is 1.90 bits per heavy atom. The molecule has 0 atom stereocenters. The van der Waals surface area contributed by atoms with Gasteiger partial charge in [-0.05, 0) is 0 Å². The summed E-state index contributed by atoms with van der Waals surface area (Å²) in [4.78, 5) is 0. The molecular weight excluding hydrogens is 180 g/mol. The van der Waals surface area contributed by atoms with Gasteiger partial charge in [0.2, 0.25) is 0 Å². The standard InChI is InChI=1S/C3H8O5S2/c1-10(6,7)3-2-8-9(4)5/h9H,2-3H2,1H3. The highest BCUT2D eigenvalue weighted by Crippen LogP contribution is 1.82. The first-order valence-corrected chi connectivity index (χ1v) is 5.52. The topological polar surface area (TPSA) is 77.5 Å². The molecule has 0 unspecified atom stereocenters. The lowest BCUT2D eigenvalue weighted by Crippen LogP contribution is -2.09. The molecule has 0 fully saturated rings. The maximum atomic E-state index is 10.3. The molecule has 0 bridgehead atoms. The van der Waals surface area contributed by atoms with Gasteiger partial charge in [-0.15, -0.1) is 0 Å². The monoisotopic (exact) mass is 188 g/mol. The first-order valence-electron chi connectivity index (χ1n) is 2.37. The summed E-state index contributed by atoms with van der Waals surface area (Å²) in [6.45, 7) is -0.294. The largest absolute Gasteiger partial charge is 0.271 e. The fourth-order valence-corrected chi connectivity index (χ4v) is 1.01. The minimum atomic E-state index is -3.11. The third kappa shape index (κ3) is 7.86. The third-order valence-corrected chi connectivity index (χ3v) is 1.95. The summed E-state index contributed by atoms with van der Waals surface area (Å²) in [5, 5.41) is 0. The number of hydrogen-bond acceptors (Lipinski definition) is 5. The van der Waals surface area contributed by atoms with Gasteiger partial charge in [-0.2, -0.15) is 0 Å². The molecule has 0 rings (SSSR count). The van der Waals surface area contributed by atoms with Crippen molar-refractivity contribution >= 4 is 20.8 Å². The Bertz CT molecular complexity index is 240. The van der Waals surface area contributed by atoms with E-state index in [4.69, 9.17) is 0 Å². The van der Waals surface area contributed by atoms with Gasteiger partial charge in [0.15, 0.2) is 0 Å². The van der Waals surface area contributed by atoms with E-state index < -0.39 is 20.8 Å². The van der Waals surface area contributed by atoms with Crippen molar-refractivity contribution in [3.8, 4) is 0 Å². The molecule has 0 N–H and O–H groups in total. The highest BCUT2D eigenvalue weighted by atomic mass is 32.2. The van der Waals surface area contributed by atoms with Crippen molar-refractivity contribution in [1.29, 1.82) is 0 Å². The van der Waals surface area contributed by atoms with Crippen LogP contribution in [0.5, 0.6) is 0 Å². The fourth-order valence-electron chi connectivity index (χ4n) is 0.263. The van der Waals surface area contributed by atoms with Crippen molar-refractivity contribution in [1.82, 2.24) is 0 Å². The predicted octanol–water partition coefficient (Wildman–Crippen LogP) is -1.43. The van der Waals surface area contributed by atoms with Crippen LogP contribution in [-0.2, 0) is 25.0 Å². The zero-order valence-electron chi connectivity index (χ0n) is 5.31. The average molecular weight is 188 g/mol. The van der Waals surface area contributed by atoms with E-state index in [-0.39, 0.29) is 12.4 Å². The molecule has 0 spiro atoms. The molecule has 5 nitrogen and oxygen atoms in total. The SMILES string of the molecule is CS(=O)(=O)CCO[SH](=O)=O. The van der Waals surface area contributed by atoms with E-state index in [2.05, 4.69) is 4.18 Å². The van der Waals surface area contributed by atoms with E-state index in [1.165, 1.54) is 0 Å². The van der Waals surface area contributed by atoms with Crippen molar-refractivity contribution in [2.24, 2.45) is 0 Å². The number of rotatable bonds is 4. The van der Waals surface area contributed by atoms with Crippen molar-refractivity contribution in [3.05, 3.63) is 0 Å². The number of hydrogen-bond donors (Lipinski definition) is 1. The van der Waals surface area contributed by atoms with Crippen molar-refractivity contribution in [3.63, 3.8) is 0 Å². The van der Waals surface area contributed by atoms with E-state index in [1.54, 1.807) is 0 Å². The lowest BCUT2D eigenvalue weighted by molar-refractivity contribution is 0.355. The van der Waals surface area contributed by atoms with Gasteiger partial charge in [0, 0.05) is 6.26 Å². The molecule has 0 aliphatic rings. The Morgan fingerprint density at radius 3 is 2.20 bits per heavy atom. The van der Waals surface area contributed by atoms with Gasteiger partial charge < -0.3 is 0 Å². The van der Waals surface area contributed by atoms with Crippen molar-refractivity contribution in [2.75, 3.05) is 18.6 Å². The second kappa shape index (κ2) is 3.89. The minimum Gasteiger partial charge on any atom is -0.271 e. The molecule has 62 valence electrons. The highest BCUT2D eigenvalue weighted by Gasteiger charge is 2.00. The molecule has 7 heteroatoms. The molecule has 0 heterocycles. The molecule has 0 aliphatic heterocycles. The quantitative estimate of drug-likeness (QED) is 0.547. The van der Waals surface area contributed by atoms with Crippen LogP contribution in [0.25, 0.3) is 0 Å². The minimum absolute atomic E-state index is 0.268. The molecule has 0 saturated heterocycles. The molecule has 0 aromatic carbocycles. The van der Waals surface area contributed by atoms with Crippen LogP contribution >= 0.6 is 0 Å². The van der Waals surface area contributed by atoms with E-state index in [1.807, 2.05) is 0 Å². The average Bonchev–Trinajstić information content (AvgIpc) is 1.59. The first-order chi connectivity index (χ1) is 4.42. The molecule has 0 aromatic rings. The number of thiol groups is 1. The summed E-state index contributed by atoms with van der Waals surface area (Å²) in [6, 6.07) is 0. The summed E-state index contributed by atoms with van der Waals surface area (Å²) in [6.07, 6.45) is 1.01. The van der Waals surface area contributed by atoms with Crippen LogP contribution in [0.1, 0.15) is 0 Å². The Kier molecular flexibility index (Phi) is 3.84. The summed E-state index contributed by atoms with van der Waals surface area (Å²) < 4.78 is 44.1. The van der Waals surface area contributed by atoms with Crippen LogP contribution in [0, 0.1) is 0 Å². The van der Waals surface area contributed by atoms with Crippen LogP contribution < -0.4 is 0 Å². The van der Waals surface area contributed by atoms with E-state index >= 15 is 0 Å². The summed E-state index contributed by atoms with van der Waals surface area (Å²) >= 11 is 0. The van der Waals surface area contributed by atoms with Crippen LogP contribution in [0.3, 0.4) is 0 Å². The van der Waals surface area contributed by atoms with Crippen LogP contribution in [0.4, 0.5) is 0 Å². The molecule has 0 saturated carbocycles. The molecule has 0 amide bonds. The Hall–Kier alpha value is -0.140. The van der Waals surface area contributed by atoms with Crippen molar-refractivity contribution < 1.29 is 21.0 Å². The highest BCUT2D eigenvalue weighted by molar-refractivity contribution is 7.90. The zero-order chi connectivity index (χ0) is 8.20. The van der Waals surface area contributed by atoms with Gasteiger partial charge in [-0.25, -0.2) is 16.8 Å². The lowest BCUT2D eigenvalue weighted by atomic mass is 10.9. The Morgan fingerprint density at radius 1 is 1.40 bits per heavy atom. The Balaban J connectivity index is 3.59. The van der Waals surface area contributed by atoms with E-state index in [9.17, 15) is 16.8 Å². The van der Waals surface area contributed by atoms with E-state index in [0.717, 1.165) is 6.26 Å². The maximum Gasteiger partial charge on any atom is 0.257 e. The van der Waals surface area contributed by atoms with Crippen LogP contribution in [0.15, 0.2) is 0 Å². The molecular formula is C3H8O5S2.